The number of halogens is 1. The Morgan fingerprint density at radius 3 is 3.00 bits per heavy atom. The van der Waals surface area contributed by atoms with Gasteiger partial charge in [-0.3, -0.25) is 9.78 Å². The predicted octanol–water partition coefficient (Wildman–Crippen LogP) is 3.29. The first kappa shape index (κ1) is 13.3. The molecule has 3 nitrogen and oxygen atoms in total. The fourth-order valence-electron chi connectivity index (χ4n) is 2.56. The number of hydrogen-bond acceptors (Lipinski definition) is 2. The molecule has 2 rings (SSSR count). The minimum atomic E-state index is -0.120. The van der Waals surface area contributed by atoms with Gasteiger partial charge >= 0.3 is 0 Å². The topological polar surface area (TPSA) is 42.0 Å². The molecule has 1 N–H and O–H groups in total. The third-order valence-corrected chi connectivity index (χ3v) is 4.16. The molecule has 1 aliphatic rings. The van der Waals surface area contributed by atoms with E-state index in [0.29, 0.717) is 22.4 Å². The van der Waals surface area contributed by atoms with Gasteiger partial charge in [-0.1, -0.05) is 37.8 Å². The molecule has 2 atom stereocenters. The van der Waals surface area contributed by atoms with Gasteiger partial charge in [-0.05, 0) is 24.3 Å². The summed E-state index contributed by atoms with van der Waals surface area (Å²) in [6.07, 6.45) is 8.18. The highest BCUT2D eigenvalue weighted by Gasteiger charge is 2.22. The van der Waals surface area contributed by atoms with Gasteiger partial charge < -0.3 is 5.32 Å². The van der Waals surface area contributed by atoms with E-state index >= 15 is 0 Å². The monoisotopic (exact) mass is 266 g/mol. The summed E-state index contributed by atoms with van der Waals surface area (Å²) in [6.45, 7) is 3.01. The molecule has 1 fully saturated rings. The Balaban J connectivity index is 1.90. The first-order valence-electron chi connectivity index (χ1n) is 6.56. The molecule has 0 aliphatic heterocycles. The van der Waals surface area contributed by atoms with E-state index in [4.69, 9.17) is 11.6 Å². The largest absolute Gasteiger partial charge is 0.352 e. The lowest BCUT2D eigenvalue weighted by Gasteiger charge is -2.28. The van der Waals surface area contributed by atoms with Gasteiger partial charge in [0.25, 0.3) is 5.91 Å². The summed E-state index contributed by atoms with van der Waals surface area (Å²) < 4.78 is 0. The van der Waals surface area contributed by atoms with Crippen molar-refractivity contribution in [1.82, 2.24) is 10.3 Å². The van der Waals surface area contributed by atoms with Gasteiger partial charge in [0.2, 0.25) is 0 Å². The highest BCUT2D eigenvalue weighted by molar-refractivity contribution is 6.33. The van der Waals surface area contributed by atoms with Gasteiger partial charge in [-0.25, -0.2) is 0 Å². The van der Waals surface area contributed by atoms with Crippen LogP contribution < -0.4 is 5.32 Å². The Morgan fingerprint density at radius 2 is 2.28 bits per heavy atom. The molecule has 1 aromatic rings. The minimum absolute atomic E-state index is 0.120. The number of hydrogen-bond donors (Lipinski definition) is 1. The summed E-state index contributed by atoms with van der Waals surface area (Å²) in [5.74, 6) is 1.17. The molecule has 98 valence electrons. The molecule has 0 spiro atoms. The third kappa shape index (κ3) is 3.22. The number of carbonyl (C=O) groups is 1. The molecule has 0 aromatic carbocycles. The zero-order chi connectivity index (χ0) is 13.0. The summed E-state index contributed by atoms with van der Waals surface area (Å²) in [5.41, 5.74) is 0.461. The second-order valence-corrected chi connectivity index (χ2v) is 5.49. The fraction of sp³-hybridized carbons (Fsp3) is 0.571. The average molecular weight is 267 g/mol. The van der Waals surface area contributed by atoms with Gasteiger partial charge in [0.1, 0.15) is 0 Å². The van der Waals surface area contributed by atoms with Crippen molar-refractivity contribution in [2.24, 2.45) is 11.8 Å². The Labute approximate surface area is 113 Å². The molecule has 1 saturated carbocycles. The van der Waals surface area contributed by atoms with E-state index in [9.17, 15) is 4.79 Å². The van der Waals surface area contributed by atoms with Crippen LogP contribution in [0.4, 0.5) is 0 Å². The zero-order valence-electron chi connectivity index (χ0n) is 10.7. The van der Waals surface area contributed by atoms with Crippen molar-refractivity contribution in [3.8, 4) is 0 Å². The van der Waals surface area contributed by atoms with Crippen LogP contribution in [-0.4, -0.2) is 17.4 Å². The van der Waals surface area contributed by atoms with Gasteiger partial charge in [-0.2, -0.15) is 0 Å². The minimum Gasteiger partial charge on any atom is -0.352 e. The van der Waals surface area contributed by atoms with E-state index in [1.807, 2.05) is 0 Å². The number of amides is 1. The molecule has 0 bridgehead atoms. The molecule has 18 heavy (non-hydrogen) atoms. The van der Waals surface area contributed by atoms with E-state index in [0.717, 1.165) is 6.54 Å². The molecule has 1 heterocycles. The molecule has 1 aromatic heterocycles. The van der Waals surface area contributed by atoms with Crippen LogP contribution >= 0.6 is 11.6 Å². The molecular formula is C14H19ClN2O. The number of pyridine rings is 1. The molecule has 2 unspecified atom stereocenters. The SMILES string of the molecule is CC1CCCCC1CNC(=O)c1cnccc1Cl. The van der Waals surface area contributed by atoms with Crippen molar-refractivity contribution in [3.05, 3.63) is 29.0 Å². The fourth-order valence-corrected chi connectivity index (χ4v) is 2.75. The van der Waals surface area contributed by atoms with Crippen molar-refractivity contribution in [3.63, 3.8) is 0 Å². The normalized spacial score (nSPS) is 23.7. The molecule has 0 saturated heterocycles. The van der Waals surface area contributed by atoms with E-state index in [1.165, 1.54) is 31.9 Å². The van der Waals surface area contributed by atoms with Gasteiger partial charge in [0.05, 0.1) is 10.6 Å². The highest BCUT2D eigenvalue weighted by Crippen LogP contribution is 2.28. The number of nitrogens with zero attached hydrogens (tertiary/aromatic N) is 1. The van der Waals surface area contributed by atoms with Crippen molar-refractivity contribution in [2.45, 2.75) is 32.6 Å². The zero-order valence-corrected chi connectivity index (χ0v) is 11.4. The number of nitrogens with one attached hydrogen (secondary N) is 1. The van der Waals surface area contributed by atoms with Crippen LogP contribution in [0.15, 0.2) is 18.5 Å². The molecule has 4 heteroatoms. The summed E-state index contributed by atoms with van der Waals surface area (Å²) in [4.78, 5) is 15.9. The summed E-state index contributed by atoms with van der Waals surface area (Å²) in [7, 11) is 0. The summed E-state index contributed by atoms with van der Waals surface area (Å²) in [6, 6.07) is 1.64. The third-order valence-electron chi connectivity index (χ3n) is 3.83. The predicted molar refractivity (Wildman–Crippen MR) is 72.7 cm³/mol. The second-order valence-electron chi connectivity index (χ2n) is 5.09. The first-order chi connectivity index (χ1) is 8.68. The summed E-state index contributed by atoms with van der Waals surface area (Å²) >= 11 is 5.97. The Kier molecular flexibility index (Phi) is 4.59. The lowest BCUT2D eigenvalue weighted by molar-refractivity contribution is 0.0936. The lowest BCUT2D eigenvalue weighted by atomic mass is 9.80. The van der Waals surface area contributed by atoms with E-state index in [1.54, 1.807) is 12.3 Å². The number of carbonyl (C=O) groups excluding carboxylic acids is 1. The van der Waals surface area contributed by atoms with Crippen LogP contribution in [0.25, 0.3) is 0 Å². The van der Waals surface area contributed by atoms with Crippen molar-refractivity contribution >= 4 is 17.5 Å². The Morgan fingerprint density at radius 1 is 1.50 bits per heavy atom. The Bertz CT molecular complexity index is 422. The number of rotatable bonds is 3. The van der Waals surface area contributed by atoms with Gasteiger partial charge in [-0.15, -0.1) is 0 Å². The van der Waals surface area contributed by atoms with Crippen LogP contribution in [0.2, 0.25) is 5.02 Å². The van der Waals surface area contributed by atoms with Crippen molar-refractivity contribution in [1.29, 1.82) is 0 Å². The van der Waals surface area contributed by atoms with Crippen LogP contribution in [0.1, 0.15) is 43.0 Å². The summed E-state index contributed by atoms with van der Waals surface area (Å²) in [5, 5.41) is 3.43. The van der Waals surface area contributed by atoms with E-state index < -0.39 is 0 Å². The Hall–Kier alpha value is -1.09. The van der Waals surface area contributed by atoms with Crippen LogP contribution in [0, 0.1) is 11.8 Å². The smallest absolute Gasteiger partial charge is 0.254 e. The standard InChI is InChI=1S/C14H19ClN2O/c1-10-4-2-3-5-11(10)8-17-14(18)12-9-16-7-6-13(12)15/h6-7,9-11H,2-5,8H2,1H3,(H,17,18). The number of aromatic nitrogens is 1. The van der Waals surface area contributed by atoms with Crippen molar-refractivity contribution in [2.75, 3.05) is 6.54 Å². The molecular weight excluding hydrogens is 248 g/mol. The first-order valence-corrected chi connectivity index (χ1v) is 6.94. The molecule has 1 aliphatic carbocycles. The van der Waals surface area contributed by atoms with Crippen LogP contribution in [-0.2, 0) is 0 Å². The highest BCUT2D eigenvalue weighted by atomic mass is 35.5. The van der Waals surface area contributed by atoms with Crippen LogP contribution in [0.3, 0.4) is 0 Å². The molecule has 1 amide bonds. The lowest BCUT2D eigenvalue weighted by Crippen LogP contribution is -2.33. The quantitative estimate of drug-likeness (QED) is 0.912. The average Bonchev–Trinajstić information content (AvgIpc) is 2.38. The van der Waals surface area contributed by atoms with E-state index in [2.05, 4.69) is 17.2 Å². The second kappa shape index (κ2) is 6.19. The molecule has 0 radical (unpaired) electrons. The van der Waals surface area contributed by atoms with E-state index in [-0.39, 0.29) is 5.91 Å². The maximum absolute atomic E-state index is 12.0. The van der Waals surface area contributed by atoms with Gasteiger partial charge in [0, 0.05) is 18.9 Å². The maximum Gasteiger partial charge on any atom is 0.254 e. The van der Waals surface area contributed by atoms with Gasteiger partial charge in [0.15, 0.2) is 0 Å². The van der Waals surface area contributed by atoms with Crippen molar-refractivity contribution < 1.29 is 4.79 Å². The maximum atomic E-state index is 12.0. The van der Waals surface area contributed by atoms with Crippen LogP contribution in [0.5, 0.6) is 0 Å².